The highest BCUT2D eigenvalue weighted by atomic mass is 16.5. The van der Waals surface area contributed by atoms with E-state index in [0.717, 1.165) is 17.5 Å². The zero-order valence-electron chi connectivity index (χ0n) is 16.7. The Labute approximate surface area is 175 Å². The van der Waals surface area contributed by atoms with Gasteiger partial charge in [-0.15, -0.1) is 0 Å². The number of hydrogen-bond donors (Lipinski definition) is 1. The highest BCUT2D eigenvalue weighted by Gasteiger charge is 2.46. The van der Waals surface area contributed by atoms with Crippen LogP contribution in [-0.2, 0) is 11.2 Å². The molecular formula is C25H22N2O3. The fourth-order valence-corrected chi connectivity index (χ4v) is 4.68. The SMILES string of the molecule is COc1cccc(NC(=O)[C@H]2c3ccccc3C(=O)N3CCc4ccccc4[C@H]23)c1. The molecule has 0 aliphatic carbocycles. The molecule has 0 unspecified atom stereocenters. The van der Waals surface area contributed by atoms with Crippen LogP contribution in [0.3, 0.4) is 0 Å². The van der Waals surface area contributed by atoms with Crippen LogP contribution >= 0.6 is 0 Å². The molecule has 2 heterocycles. The van der Waals surface area contributed by atoms with E-state index in [1.807, 2.05) is 65.6 Å². The van der Waals surface area contributed by atoms with Crippen molar-refractivity contribution in [3.8, 4) is 5.75 Å². The lowest BCUT2D eigenvalue weighted by Gasteiger charge is -2.45. The molecular weight excluding hydrogens is 376 g/mol. The zero-order valence-corrected chi connectivity index (χ0v) is 16.7. The Bertz CT molecular complexity index is 1140. The molecule has 2 aliphatic heterocycles. The Kier molecular flexibility index (Phi) is 4.51. The second-order valence-corrected chi connectivity index (χ2v) is 7.68. The molecule has 0 bridgehead atoms. The molecule has 150 valence electrons. The Hall–Kier alpha value is -3.60. The van der Waals surface area contributed by atoms with Crippen molar-refractivity contribution in [1.82, 2.24) is 4.90 Å². The number of nitrogens with zero attached hydrogens (tertiary/aromatic N) is 1. The van der Waals surface area contributed by atoms with Crippen molar-refractivity contribution in [2.24, 2.45) is 0 Å². The van der Waals surface area contributed by atoms with Gasteiger partial charge in [0.2, 0.25) is 5.91 Å². The summed E-state index contributed by atoms with van der Waals surface area (Å²) in [6, 6.07) is 22.6. The zero-order chi connectivity index (χ0) is 20.7. The number of rotatable bonds is 3. The van der Waals surface area contributed by atoms with Crippen molar-refractivity contribution in [1.29, 1.82) is 0 Å². The van der Waals surface area contributed by atoms with Gasteiger partial charge in [0.1, 0.15) is 5.75 Å². The first kappa shape index (κ1) is 18.4. The largest absolute Gasteiger partial charge is 0.497 e. The van der Waals surface area contributed by atoms with Gasteiger partial charge in [0.15, 0.2) is 0 Å². The number of carbonyl (C=O) groups excluding carboxylic acids is 2. The van der Waals surface area contributed by atoms with Gasteiger partial charge in [-0.2, -0.15) is 0 Å². The lowest BCUT2D eigenvalue weighted by molar-refractivity contribution is -0.119. The topological polar surface area (TPSA) is 58.6 Å². The Balaban J connectivity index is 1.61. The molecule has 0 saturated heterocycles. The van der Waals surface area contributed by atoms with Crippen LogP contribution in [0.2, 0.25) is 0 Å². The molecule has 0 aromatic heterocycles. The lowest BCUT2D eigenvalue weighted by atomic mass is 9.76. The maximum Gasteiger partial charge on any atom is 0.254 e. The van der Waals surface area contributed by atoms with Gasteiger partial charge in [-0.05, 0) is 41.3 Å². The fraction of sp³-hybridized carbons (Fsp3) is 0.200. The number of fused-ring (bicyclic) bond motifs is 4. The summed E-state index contributed by atoms with van der Waals surface area (Å²) >= 11 is 0. The van der Waals surface area contributed by atoms with Crippen molar-refractivity contribution in [2.75, 3.05) is 19.0 Å². The number of ether oxygens (including phenoxy) is 1. The number of benzene rings is 3. The maximum absolute atomic E-state index is 13.6. The standard InChI is InChI=1S/C25H22N2O3/c1-30-18-9-6-8-17(15-18)26-24(28)22-20-11-4-5-12-21(20)25(29)27-14-13-16-7-2-3-10-19(16)23(22)27/h2-12,15,22-23H,13-14H2,1H3,(H,26,28)/t22-,23+/m0/s1. The van der Waals surface area contributed by atoms with Gasteiger partial charge in [-0.3, -0.25) is 9.59 Å². The van der Waals surface area contributed by atoms with Crippen LogP contribution in [0.1, 0.15) is 39.0 Å². The van der Waals surface area contributed by atoms with Crippen molar-refractivity contribution in [3.05, 3.63) is 95.1 Å². The molecule has 0 spiro atoms. The third kappa shape index (κ3) is 2.94. The van der Waals surface area contributed by atoms with E-state index in [1.54, 1.807) is 13.2 Å². The summed E-state index contributed by atoms with van der Waals surface area (Å²) in [7, 11) is 1.60. The van der Waals surface area contributed by atoms with Gasteiger partial charge >= 0.3 is 0 Å². The molecule has 2 aliphatic rings. The Morgan fingerprint density at radius 3 is 2.60 bits per heavy atom. The predicted octanol–water partition coefficient (Wildman–Crippen LogP) is 4.17. The van der Waals surface area contributed by atoms with Crippen molar-refractivity contribution in [2.45, 2.75) is 18.4 Å². The molecule has 1 N–H and O–H groups in total. The van der Waals surface area contributed by atoms with E-state index in [0.29, 0.717) is 23.5 Å². The molecule has 0 saturated carbocycles. The first-order chi connectivity index (χ1) is 14.7. The van der Waals surface area contributed by atoms with E-state index >= 15 is 0 Å². The normalized spacial score (nSPS) is 19.4. The number of nitrogens with one attached hydrogen (secondary N) is 1. The molecule has 0 radical (unpaired) electrons. The summed E-state index contributed by atoms with van der Waals surface area (Å²) in [6.45, 7) is 0.609. The predicted molar refractivity (Wildman–Crippen MR) is 115 cm³/mol. The van der Waals surface area contributed by atoms with Crippen LogP contribution < -0.4 is 10.1 Å². The van der Waals surface area contributed by atoms with Gasteiger partial charge in [0.05, 0.1) is 19.1 Å². The molecule has 2 amide bonds. The molecule has 2 atom stereocenters. The third-order valence-electron chi connectivity index (χ3n) is 6.05. The summed E-state index contributed by atoms with van der Waals surface area (Å²) in [4.78, 5) is 28.7. The van der Waals surface area contributed by atoms with Crippen LogP contribution in [0.4, 0.5) is 5.69 Å². The second-order valence-electron chi connectivity index (χ2n) is 7.68. The van der Waals surface area contributed by atoms with Gasteiger partial charge in [0, 0.05) is 23.9 Å². The maximum atomic E-state index is 13.6. The van der Waals surface area contributed by atoms with Gasteiger partial charge in [-0.1, -0.05) is 48.5 Å². The minimum Gasteiger partial charge on any atom is -0.497 e. The summed E-state index contributed by atoms with van der Waals surface area (Å²) in [6.07, 6.45) is 0.796. The molecule has 5 nitrogen and oxygen atoms in total. The van der Waals surface area contributed by atoms with Crippen LogP contribution in [0.25, 0.3) is 0 Å². The van der Waals surface area contributed by atoms with E-state index in [1.165, 1.54) is 5.56 Å². The van der Waals surface area contributed by atoms with Gasteiger partial charge in [-0.25, -0.2) is 0 Å². The highest BCUT2D eigenvalue weighted by Crippen LogP contribution is 2.46. The van der Waals surface area contributed by atoms with Crippen LogP contribution in [-0.4, -0.2) is 30.4 Å². The van der Waals surface area contributed by atoms with Crippen LogP contribution in [0, 0.1) is 0 Å². The Morgan fingerprint density at radius 1 is 1.00 bits per heavy atom. The average molecular weight is 398 g/mol. The summed E-state index contributed by atoms with van der Waals surface area (Å²) in [5.41, 5.74) is 4.31. The smallest absolute Gasteiger partial charge is 0.254 e. The fourth-order valence-electron chi connectivity index (χ4n) is 4.68. The third-order valence-corrected chi connectivity index (χ3v) is 6.05. The van der Waals surface area contributed by atoms with Crippen molar-refractivity contribution >= 4 is 17.5 Å². The Morgan fingerprint density at radius 2 is 1.77 bits per heavy atom. The van der Waals surface area contributed by atoms with Crippen molar-refractivity contribution < 1.29 is 14.3 Å². The van der Waals surface area contributed by atoms with Gasteiger partial charge < -0.3 is 15.0 Å². The number of anilines is 1. The minimum atomic E-state index is -0.494. The number of hydrogen-bond acceptors (Lipinski definition) is 3. The van der Waals surface area contributed by atoms with E-state index in [9.17, 15) is 9.59 Å². The van der Waals surface area contributed by atoms with E-state index in [-0.39, 0.29) is 17.9 Å². The van der Waals surface area contributed by atoms with Crippen LogP contribution in [0.5, 0.6) is 5.75 Å². The number of carbonyl (C=O) groups is 2. The summed E-state index contributed by atoms with van der Waals surface area (Å²) < 4.78 is 5.28. The molecule has 3 aromatic rings. The number of methoxy groups -OCH3 is 1. The molecule has 3 aromatic carbocycles. The quantitative estimate of drug-likeness (QED) is 0.720. The molecule has 0 fully saturated rings. The van der Waals surface area contributed by atoms with Crippen molar-refractivity contribution in [3.63, 3.8) is 0 Å². The summed E-state index contributed by atoms with van der Waals surface area (Å²) in [5.74, 6) is 0.0497. The van der Waals surface area contributed by atoms with E-state index in [2.05, 4.69) is 11.4 Å². The molecule has 5 heteroatoms. The minimum absolute atomic E-state index is 0.00414. The van der Waals surface area contributed by atoms with Crippen LogP contribution in [0.15, 0.2) is 72.8 Å². The van der Waals surface area contributed by atoms with Gasteiger partial charge in [0.25, 0.3) is 5.91 Å². The van der Waals surface area contributed by atoms with E-state index < -0.39 is 5.92 Å². The first-order valence-corrected chi connectivity index (χ1v) is 10.1. The molecule has 30 heavy (non-hydrogen) atoms. The summed E-state index contributed by atoms with van der Waals surface area (Å²) in [5, 5.41) is 3.05. The highest BCUT2D eigenvalue weighted by molar-refractivity contribution is 6.04. The molecule has 5 rings (SSSR count). The first-order valence-electron chi connectivity index (χ1n) is 10.1. The lowest BCUT2D eigenvalue weighted by Crippen LogP contribution is -2.49. The number of amides is 2. The van der Waals surface area contributed by atoms with E-state index in [4.69, 9.17) is 4.74 Å². The second kappa shape index (κ2) is 7.34. The monoisotopic (exact) mass is 398 g/mol. The average Bonchev–Trinajstić information content (AvgIpc) is 2.79.